The summed E-state index contributed by atoms with van der Waals surface area (Å²) in [5, 5.41) is 0. The van der Waals surface area contributed by atoms with Gasteiger partial charge in [0.05, 0.1) is 13.5 Å². The molecule has 1 aliphatic rings. The van der Waals surface area contributed by atoms with E-state index in [1.165, 1.54) is 12.7 Å². The van der Waals surface area contributed by atoms with Crippen LogP contribution in [-0.2, 0) is 20.7 Å². The number of likely N-dealkylation sites (tertiary alicyclic amines) is 1. The van der Waals surface area contributed by atoms with Gasteiger partial charge in [0, 0.05) is 13.1 Å². The van der Waals surface area contributed by atoms with Crippen molar-refractivity contribution in [2.45, 2.75) is 25.2 Å². The summed E-state index contributed by atoms with van der Waals surface area (Å²) in [5.41, 5.74) is 2.21. The van der Waals surface area contributed by atoms with Gasteiger partial charge in [-0.15, -0.1) is 0 Å². The molecule has 0 saturated carbocycles. The molecule has 0 radical (unpaired) electrons. The van der Waals surface area contributed by atoms with Crippen molar-refractivity contribution in [2.24, 2.45) is 0 Å². The molecule has 1 amide bonds. The topological polar surface area (TPSA) is 55.8 Å². The number of carbonyl (C=O) groups is 2. The fourth-order valence-electron chi connectivity index (χ4n) is 3.37. The van der Waals surface area contributed by atoms with Crippen LogP contribution in [0.4, 0.5) is 0 Å². The lowest BCUT2D eigenvalue weighted by molar-refractivity contribution is -0.139. The summed E-state index contributed by atoms with van der Waals surface area (Å²) < 4.78 is 10.3. The summed E-state index contributed by atoms with van der Waals surface area (Å²) >= 11 is 0. The molecule has 1 aliphatic heterocycles. The van der Waals surface area contributed by atoms with Crippen molar-refractivity contribution in [2.75, 3.05) is 26.8 Å². The van der Waals surface area contributed by atoms with E-state index < -0.39 is 0 Å². The summed E-state index contributed by atoms with van der Waals surface area (Å²) in [6, 6.07) is 17.6. The maximum atomic E-state index is 12.4. The molecule has 1 saturated heterocycles. The summed E-state index contributed by atoms with van der Waals surface area (Å²) in [4.78, 5) is 25.6. The molecule has 0 aromatic heterocycles. The van der Waals surface area contributed by atoms with Crippen LogP contribution >= 0.6 is 0 Å². The van der Waals surface area contributed by atoms with Crippen molar-refractivity contribution in [3.8, 4) is 5.75 Å². The largest absolute Gasteiger partial charge is 0.484 e. The van der Waals surface area contributed by atoms with Crippen molar-refractivity contribution in [3.05, 3.63) is 65.7 Å². The quantitative estimate of drug-likeness (QED) is 0.736. The van der Waals surface area contributed by atoms with Crippen LogP contribution < -0.4 is 4.74 Å². The molecule has 0 atom stereocenters. The van der Waals surface area contributed by atoms with Crippen molar-refractivity contribution in [3.63, 3.8) is 0 Å². The standard InChI is InChI=1S/C22H25NO4/c1-26-22(25)15-17-7-9-20(10-8-17)27-16-21(24)23-13-11-19(12-14-23)18-5-3-2-4-6-18/h2-10,19H,11-16H2,1H3. The second-order valence-corrected chi connectivity index (χ2v) is 6.75. The average Bonchev–Trinajstić information content (AvgIpc) is 2.73. The van der Waals surface area contributed by atoms with Crippen LogP contribution in [0.15, 0.2) is 54.6 Å². The molecule has 2 aromatic rings. The van der Waals surface area contributed by atoms with Gasteiger partial charge in [-0.05, 0) is 42.0 Å². The number of ether oxygens (including phenoxy) is 2. The predicted molar refractivity (Wildman–Crippen MR) is 103 cm³/mol. The van der Waals surface area contributed by atoms with Gasteiger partial charge < -0.3 is 14.4 Å². The molecular formula is C22H25NO4. The number of esters is 1. The first kappa shape index (κ1) is 19.0. The zero-order valence-electron chi connectivity index (χ0n) is 15.6. The fraction of sp³-hybridized carbons (Fsp3) is 0.364. The van der Waals surface area contributed by atoms with E-state index in [0.29, 0.717) is 11.7 Å². The normalized spacial score (nSPS) is 14.6. The molecule has 0 aliphatic carbocycles. The summed E-state index contributed by atoms with van der Waals surface area (Å²) in [5.74, 6) is 0.882. The van der Waals surface area contributed by atoms with Crippen LogP contribution in [0.25, 0.3) is 0 Å². The van der Waals surface area contributed by atoms with Gasteiger partial charge >= 0.3 is 5.97 Å². The van der Waals surface area contributed by atoms with Crippen molar-refractivity contribution >= 4 is 11.9 Å². The lowest BCUT2D eigenvalue weighted by Gasteiger charge is -2.32. The van der Waals surface area contributed by atoms with E-state index in [2.05, 4.69) is 29.0 Å². The Morgan fingerprint density at radius 1 is 1.00 bits per heavy atom. The van der Waals surface area contributed by atoms with E-state index in [4.69, 9.17) is 4.74 Å². The predicted octanol–water partition coefficient (Wildman–Crippen LogP) is 3.19. The second-order valence-electron chi connectivity index (χ2n) is 6.75. The van der Waals surface area contributed by atoms with Gasteiger partial charge in [0.25, 0.3) is 5.91 Å². The van der Waals surface area contributed by atoms with Gasteiger partial charge in [0.2, 0.25) is 0 Å². The third kappa shape index (κ3) is 5.33. The highest BCUT2D eigenvalue weighted by Crippen LogP contribution is 2.27. The molecule has 1 fully saturated rings. The van der Waals surface area contributed by atoms with Gasteiger partial charge in [-0.25, -0.2) is 0 Å². The van der Waals surface area contributed by atoms with Gasteiger partial charge in [0.15, 0.2) is 6.61 Å². The SMILES string of the molecule is COC(=O)Cc1ccc(OCC(=O)N2CCC(c3ccccc3)CC2)cc1. The van der Waals surface area contributed by atoms with Crippen molar-refractivity contribution in [1.82, 2.24) is 4.90 Å². The number of benzene rings is 2. The maximum Gasteiger partial charge on any atom is 0.309 e. The first-order valence-electron chi connectivity index (χ1n) is 9.27. The molecule has 1 heterocycles. The zero-order valence-corrected chi connectivity index (χ0v) is 15.6. The highest BCUT2D eigenvalue weighted by Gasteiger charge is 2.23. The first-order chi connectivity index (χ1) is 13.2. The monoisotopic (exact) mass is 367 g/mol. The van der Waals surface area contributed by atoms with Gasteiger partial charge in [-0.2, -0.15) is 0 Å². The van der Waals surface area contributed by atoms with Crippen molar-refractivity contribution in [1.29, 1.82) is 0 Å². The Labute approximate surface area is 159 Å². The van der Waals surface area contributed by atoms with Crippen LogP contribution in [0, 0.1) is 0 Å². The average molecular weight is 367 g/mol. The number of piperidine rings is 1. The molecule has 142 valence electrons. The minimum absolute atomic E-state index is 0.0140. The van der Waals surface area contributed by atoms with E-state index in [9.17, 15) is 9.59 Å². The molecule has 5 heteroatoms. The Bertz CT molecular complexity index is 750. The third-order valence-electron chi connectivity index (χ3n) is 4.98. The summed E-state index contributed by atoms with van der Waals surface area (Å²) in [7, 11) is 1.37. The molecule has 0 N–H and O–H groups in total. The fourth-order valence-corrected chi connectivity index (χ4v) is 3.37. The van der Waals surface area contributed by atoms with E-state index in [1.807, 2.05) is 23.1 Å². The van der Waals surface area contributed by atoms with Gasteiger partial charge in [-0.3, -0.25) is 9.59 Å². The Kier molecular flexibility index (Phi) is 6.47. The maximum absolute atomic E-state index is 12.4. The Morgan fingerprint density at radius 3 is 2.30 bits per heavy atom. The number of nitrogens with zero attached hydrogens (tertiary/aromatic N) is 1. The highest BCUT2D eigenvalue weighted by atomic mass is 16.5. The molecule has 0 unspecified atom stereocenters. The second kappa shape index (κ2) is 9.21. The molecule has 3 rings (SSSR count). The van der Waals surface area contributed by atoms with Crippen LogP contribution in [0.1, 0.15) is 29.9 Å². The summed E-state index contributed by atoms with van der Waals surface area (Å²) in [6.07, 6.45) is 2.20. The van der Waals surface area contributed by atoms with E-state index in [-0.39, 0.29) is 24.9 Å². The van der Waals surface area contributed by atoms with E-state index in [0.717, 1.165) is 31.5 Å². The van der Waals surface area contributed by atoms with E-state index in [1.54, 1.807) is 12.1 Å². The lowest BCUT2D eigenvalue weighted by Crippen LogP contribution is -2.40. The smallest absolute Gasteiger partial charge is 0.309 e. The minimum atomic E-state index is -0.280. The van der Waals surface area contributed by atoms with E-state index >= 15 is 0 Å². The Hall–Kier alpha value is -2.82. The van der Waals surface area contributed by atoms with Crippen LogP contribution in [0.5, 0.6) is 5.75 Å². The minimum Gasteiger partial charge on any atom is -0.484 e. The van der Waals surface area contributed by atoms with Gasteiger partial charge in [0.1, 0.15) is 5.75 Å². The number of hydrogen-bond acceptors (Lipinski definition) is 4. The Morgan fingerprint density at radius 2 is 1.67 bits per heavy atom. The summed E-state index contributed by atoms with van der Waals surface area (Å²) in [6.45, 7) is 1.56. The number of methoxy groups -OCH3 is 1. The molecular weight excluding hydrogens is 342 g/mol. The molecule has 27 heavy (non-hydrogen) atoms. The number of carbonyl (C=O) groups excluding carboxylic acids is 2. The molecule has 0 bridgehead atoms. The zero-order chi connectivity index (χ0) is 19.1. The Balaban J connectivity index is 1.44. The van der Waals surface area contributed by atoms with Crippen LogP contribution in [0.3, 0.4) is 0 Å². The lowest BCUT2D eigenvalue weighted by atomic mass is 9.89. The molecule has 2 aromatic carbocycles. The first-order valence-corrected chi connectivity index (χ1v) is 9.27. The van der Waals surface area contributed by atoms with Crippen LogP contribution in [-0.4, -0.2) is 43.6 Å². The van der Waals surface area contributed by atoms with Crippen molar-refractivity contribution < 1.29 is 19.1 Å². The highest BCUT2D eigenvalue weighted by molar-refractivity contribution is 5.78. The number of amides is 1. The molecule has 5 nitrogen and oxygen atoms in total. The third-order valence-corrected chi connectivity index (χ3v) is 4.98. The van der Waals surface area contributed by atoms with Gasteiger partial charge in [-0.1, -0.05) is 42.5 Å². The molecule has 0 spiro atoms. The number of rotatable bonds is 6. The van der Waals surface area contributed by atoms with Crippen LogP contribution in [0.2, 0.25) is 0 Å². The number of hydrogen-bond donors (Lipinski definition) is 0.